The SMILES string of the molecule is COc1ccc(Cl)cc1C(=O)N1CCN([C@H]2CCC[C@H]2O)CC1. The number of halogens is 1. The van der Waals surface area contributed by atoms with Crippen LogP contribution in [0.5, 0.6) is 5.75 Å². The Morgan fingerprint density at radius 1 is 1.26 bits per heavy atom. The molecule has 1 aliphatic heterocycles. The first-order valence-corrected chi connectivity index (χ1v) is 8.53. The van der Waals surface area contributed by atoms with Gasteiger partial charge in [-0.25, -0.2) is 0 Å². The summed E-state index contributed by atoms with van der Waals surface area (Å²) < 4.78 is 5.28. The van der Waals surface area contributed by atoms with Gasteiger partial charge in [-0.1, -0.05) is 11.6 Å². The van der Waals surface area contributed by atoms with Crippen molar-refractivity contribution in [1.29, 1.82) is 0 Å². The Morgan fingerprint density at radius 3 is 2.61 bits per heavy atom. The highest BCUT2D eigenvalue weighted by Gasteiger charge is 2.33. The molecule has 5 nitrogen and oxygen atoms in total. The molecule has 1 N–H and O–H groups in total. The van der Waals surface area contributed by atoms with Crippen molar-refractivity contribution < 1.29 is 14.6 Å². The van der Waals surface area contributed by atoms with Gasteiger partial charge in [0.05, 0.1) is 18.8 Å². The van der Waals surface area contributed by atoms with Crippen LogP contribution in [-0.2, 0) is 0 Å². The smallest absolute Gasteiger partial charge is 0.257 e. The van der Waals surface area contributed by atoms with Crippen LogP contribution in [0, 0.1) is 0 Å². The minimum atomic E-state index is -0.217. The van der Waals surface area contributed by atoms with Crippen LogP contribution >= 0.6 is 11.6 Å². The zero-order valence-corrected chi connectivity index (χ0v) is 14.1. The van der Waals surface area contributed by atoms with E-state index >= 15 is 0 Å². The van der Waals surface area contributed by atoms with Crippen LogP contribution < -0.4 is 4.74 Å². The standard InChI is InChI=1S/C17H23ClN2O3/c1-23-16-6-5-12(18)11-13(16)17(22)20-9-7-19(8-10-20)14-3-2-4-15(14)21/h5-6,11,14-15,21H,2-4,7-10H2,1H3/t14-,15+/m0/s1. The van der Waals surface area contributed by atoms with E-state index in [0.29, 0.717) is 29.4 Å². The predicted molar refractivity (Wildman–Crippen MR) is 89.1 cm³/mol. The van der Waals surface area contributed by atoms with Crippen molar-refractivity contribution in [1.82, 2.24) is 9.80 Å². The van der Waals surface area contributed by atoms with E-state index in [0.717, 1.165) is 32.4 Å². The van der Waals surface area contributed by atoms with Crippen LogP contribution in [0.2, 0.25) is 5.02 Å². The summed E-state index contributed by atoms with van der Waals surface area (Å²) in [5.41, 5.74) is 0.509. The van der Waals surface area contributed by atoms with Crippen molar-refractivity contribution in [3.8, 4) is 5.75 Å². The number of carbonyl (C=O) groups is 1. The molecule has 0 spiro atoms. The lowest BCUT2D eigenvalue weighted by Gasteiger charge is -2.39. The Labute approximate surface area is 141 Å². The first kappa shape index (κ1) is 16.6. The molecule has 0 bridgehead atoms. The van der Waals surface area contributed by atoms with Gasteiger partial charge in [-0.05, 0) is 37.5 Å². The highest BCUT2D eigenvalue weighted by Crippen LogP contribution is 2.27. The number of ether oxygens (including phenoxy) is 1. The lowest BCUT2D eigenvalue weighted by atomic mass is 10.1. The summed E-state index contributed by atoms with van der Waals surface area (Å²) in [5, 5.41) is 10.6. The molecule has 1 aromatic carbocycles. The zero-order valence-electron chi connectivity index (χ0n) is 13.4. The number of hydrogen-bond acceptors (Lipinski definition) is 4. The lowest BCUT2D eigenvalue weighted by molar-refractivity contribution is 0.0314. The maximum atomic E-state index is 12.7. The molecule has 2 atom stereocenters. The summed E-state index contributed by atoms with van der Waals surface area (Å²) in [6.07, 6.45) is 2.82. The maximum Gasteiger partial charge on any atom is 0.257 e. The van der Waals surface area contributed by atoms with Crippen molar-refractivity contribution in [2.45, 2.75) is 31.4 Å². The Morgan fingerprint density at radius 2 is 2.00 bits per heavy atom. The molecule has 1 amide bonds. The number of piperazine rings is 1. The number of hydrogen-bond donors (Lipinski definition) is 1. The topological polar surface area (TPSA) is 53.0 Å². The number of aliphatic hydroxyl groups excluding tert-OH is 1. The Bertz CT molecular complexity index is 573. The normalized spacial score (nSPS) is 25.6. The third-order valence-electron chi connectivity index (χ3n) is 4.91. The van der Waals surface area contributed by atoms with Crippen molar-refractivity contribution in [3.05, 3.63) is 28.8 Å². The van der Waals surface area contributed by atoms with Gasteiger partial charge in [-0.3, -0.25) is 9.69 Å². The summed E-state index contributed by atoms with van der Waals surface area (Å²) in [7, 11) is 1.55. The maximum absolute atomic E-state index is 12.7. The van der Waals surface area contributed by atoms with Gasteiger partial charge in [0.2, 0.25) is 0 Å². The van der Waals surface area contributed by atoms with Gasteiger partial charge in [-0.2, -0.15) is 0 Å². The van der Waals surface area contributed by atoms with Crippen LogP contribution in [0.15, 0.2) is 18.2 Å². The molecule has 1 aliphatic carbocycles. The quantitative estimate of drug-likeness (QED) is 0.916. The molecule has 23 heavy (non-hydrogen) atoms. The number of nitrogens with zero attached hydrogens (tertiary/aromatic N) is 2. The fourth-order valence-electron chi connectivity index (χ4n) is 3.62. The average molecular weight is 339 g/mol. The largest absolute Gasteiger partial charge is 0.496 e. The van der Waals surface area contributed by atoms with E-state index in [4.69, 9.17) is 16.3 Å². The zero-order chi connectivity index (χ0) is 16.4. The second-order valence-electron chi connectivity index (χ2n) is 6.24. The van der Waals surface area contributed by atoms with Gasteiger partial charge < -0.3 is 14.7 Å². The van der Waals surface area contributed by atoms with Gasteiger partial charge in [0.25, 0.3) is 5.91 Å². The second-order valence-corrected chi connectivity index (χ2v) is 6.67. The molecular weight excluding hydrogens is 316 g/mol. The molecule has 1 heterocycles. The Kier molecular flexibility index (Phi) is 5.09. The molecule has 0 aromatic heterocycles. The number of amides is 1. The van der Waals surface area contributed by atoms with Crippen LogP contribution in [0.1, 0.15) is 29.6 Å². The third-order valence-corrected chi connectivity index (χ3v) is 5.14. The van der Waals surface area contributed by atoms with E-state index in [1.165, 1.54) is 0 Å². The van der Waals surface area contributed by atoms with E-state index in [1.54, 1.807) is 25.3 Å². The summed E-state index contributed by atoms with van der Waals surface area (Å²) in [6, 6.07) is 5.36. The number of methoxy groups -OCH3 is 1. The van der Waals surface area contributed by atoms with Gasteiger partial charge in [0.15, 0.2) is 0 Å². The fourth-order valence-corrected chi connectivity index (χ4v) is 3.79. The van der Waals surface area contributed by atoms with Crippen LogP contribution in [-0.4, -0.2) is 66.2 Å². The molecule has 3 rings (SSSR count). The molecule has 1 saturated heterocycles. The predicted octanol–water partition coefficient (Wildman–Crippen LogP) is 2.02. The van der Waals surface area contributed by atoms with Gasteiger partial charge in [-0.15, -0.1) is 0 Å². The highest BCUT2D eigenvalue weighted by molar-refractivity contribution is 6.31. The third kappa shape index (κ3) is 3.47. The summed E-state index contributed by atoms with van der Waals surface area (Å²) >= 11 is 6.02. The number of rotatable bonds is 3. The first-order chi connectivity index (χ1) is 11.1. The summed E-state index contributed by atoms with van der Waals surface area (Å²) in [6.45, 7) is 2.93. The van der Waals surface area contributed by atoms with Crippen molar-refractivity contribution in [2.24, 2.45) is 0 Å². The van der Waals surface area contributed by atoms with Gasteiger partial charge in [0, 0.05) is 37.2 Å². The van der Waals surface area contributed by atoms with Crippen LogP contribution in [0.3, 0.4) is 0 Å². The number of aliphatic hydroxyl groups is 1. The molecule has 6 heteroatoms. The molecule has 1 saturated carbocycles. The van der Waals surface area contributed by atoms with E-state index in [1.807, 2.05) is 4.90 Å². The van der Waals surface area contributed by atoms with Crippen molar-refractivity contribution in [3.63, 3.8) is 0 Å². The molecule has 2 fully saturated rings. The molecule has 0 unspecified atom stereocenters. The first-order valence-electron chi connectivity index (χ1n) is 8.15. The van der Waals surface area contributed by atoms with Crippen LogP contribution in [0.25, 0.3) is 0 Å². The lowest BCUT2D eigenvalue weighted by Crippen LogP contribution is -2.53. The minimum absolute atomic E-state index is 0.0454. The van der Waals surface area contributed by atoms with E-state index in [9.17, 15) is 9.90 Å². The van der Waals surface area contributed by atoms with Gasteiger partial charge in [0.1, 0.15) is 5.75 Å². The van der Waals surface area contributed by atoms with E-state index in [2.05, 4.69) is 4.90 Å². The van der Waals surface area contributed by atoms with E-state index in [-0.39, 0.29) is 18.1 Å². The monoisotopic (exact) mass is 338 g/mol. The average Bonchev–Trinajstić information content (AvgIpc) is 3.00. The van der Waals surface area contributed by atoms with E-state index < -0.39 is 0 Å². The second kappa shape index (κ2) is 7.07. The molecule has 1 aromatic rings. The van der Waals surface area contributed by atoms with Crippen molar-refractivity contribution >= 4 is 17.5 Å². The molecule has 126 valence electrons. The number of carbonyl (C=O) groups excluding carboxylic acids is 1. The van der Waals surface area contributed by atoms with Crippen molar-refractivity contribution in [2.75, 3.05) is 33.3 Å². The fraction of sp³-hybridized carbons (Fsp3) is 0.588. The molecule has 0 radical (unpaired) electrons. The minimum Gasteiger partial charge on any atom is -0.496 e. The Hall–Kier alpha value is -1.30. The Balaban J connectivity index is 1.65. The summed E-state index contributed by atoms with van der Waals surface area (Å²) in [4.78, 5) is 16.9. The number of benzene rings is 1. The highest BCUT2D eigenvalue weighted by atomic mass is 35.5. The molecule has 2 aliphatic rings. The van der Waals surface area contributed by atoms with Gasteiger partial charge >= 0.3 is 0 Å². The molecular formula is C17H23ClN2O3. The summed E-state index contributed by atoms with van der Waals surface area (Å²) in [5.74, 6) is 0.504. The van der Waals surface area contributed by atoms with Crippen LogP contribution in [0.4, 0.5) is 0 Å².